The summed E-state index contributed by atoms with van der Waals surface area (Å²) in [7, 11) is 1.26. The third-order valence-corrected chi connectivity index (χ3v) is 11.5. The Morgan fingerprint density at radius 2 is 1.58 bits per heavy atom. The third kappa shape index (κ3) is 7.09. The number of hydrogen-bond acceptors (Lipinski definition) is 4. The zero-order chi connectivity index (χ0) is 24.6. The molecule has 1 unspecified atom stereocenters. The maximum Gasteiger partial charge on any atom is 0.192 e. The van der Waals surface area contributed by atoms with Gasteiger partial charge < -0.3 is 13.9 Å². The van der Waals surface area contributed by atoms with E-state index in [2.05, 4.69) is 76.3 Å². The summed E-state index contributed by atoms with van der Waals surface area (Å²) in [5, 5.41) is 9.77. The van der Waals surface area contributed by atoms with Gasteiger partial charge in [0.15, 0.2) is 8.32 Å². The smallest absolute Gasteiger partial charge is 0.192 e. The van der Waals surface area contributed by atoms with Crippen LogP contribution in [0.15, 0.2) is 42.5 Å². The van der Waals surface area contributed by atoms with Crippen LogP contribution in [0, 0.1) is 24.2 Å². The Labute approximate surface area is 202 Å². The fourth-order valence-corrected chi connectivity index (χ4v) is 5.21. The van der Waals surface area contributed by atoms with E-state index in [1.165, 1.54) is 5.56 Å². The van der Waals surface area contributed by atoms with E-state index < -0.39 is 8.32 Å². The molecule has 0 bridgehead atoms. The number of benzene rings is 2. The van der Waals surface area contributed by atoms with Crippen molar-refractivity contribution >= 4 is 8.32 Å². The van der Waals surface area contributed by atoms with Gasteiger partial charge in [0.05, 0.1) is 26.4 Å². The second kappa shape index (κ2) is 11.7. The molecule has 5 heteroatoms. The van der Waals surface area contributed by atoms with Crippen LogP contribution >= 0.6 is 0 Å². The normalized spacial score (nSPS) is 13.8. The molecule has 0 aliphatic rings. The van der Waals surface area contributed by atoms with Crippen LogP contribution in [0.5, 0.6) is 11.5 Å². The average Bonchev–Trinajstić information content (AvgIpc) is 2.77. The molecule has 0 aliphatic carbocycles. The van der Waals surface area contributed by atoms with Crippen molar-refractivity contribution in [2.75, 3.05) is 14.2 Å². The highest BCUT2D eigenvalue weighted by Crippen LogP contribution is 2.45. The lowest BCUT2D eigenvalue weighted by atomic mass is 9.87. The highest BCUT2D eigenvalue weighted by molar-refractivity contribution is 6.74. The highest BCUT2D eigenvalue weighted by atomic mass is 28.4. The zero-order valence-corrected chi connectivity index (χ0v) is 22.7. The molecule has 2 aromatic carbocycles. The van der Waals surface area contributed by atoms with Crippen molar-refractivity contribution in [3.05, 3.63) is 59.2 Å². The van der Waals surface area contributed by atoms with Gasteiger partial charge in [-0.1, -0.05) is 51.1 Å². The number of nitrogens with zero attached hydrogens (tertiary/aromatic N) is 1. The van der Waals surface area contributed by atoms with E-state index in [-0.39, 0.29) is 17.1 Å². The minimum Gasteiger partial charge on any atom is -0.496 e. The lowest BCUT2D eigenvalue weighted by Gasteiger charge is -2.41. The Hall–Kier alpha value is -2.29. The molecule has 2 atom stereocenters. The van der Waals surface area contributed by atoms with Crippen LogP contribution in [0.3, 0.4) is 0 Å². The topological polar surface area (TPSA) is 51.5 Å². The van der Waals surface area contributed by atoms with E-state index in [9.17, 15) is 5.26 Å². The molecule has 0 amide bonds. The summed E-state index contributed by atoms with van der Waals surface area (Å²) in [5.74, 6) is 1.66. The molecular weight excluding hydrogens is 426 g/mol. The quantitative estimate of drug-likeness (QED) is 0.319. The second-order valence-electron chi connectivity index (χ2n) is 10.3. The van der Waals surface area contributed by atoms with Crippen molar-refractivity contribution in [1.82, 2.24) is 0 Å². The van der Waals surface area contributed by atoms with E-state index in [0.29, 0.717) is 6.42 Å². The molecule has 180 valence electrons. The molecule has 0 saturated carbocycles. The summed E-state index contributed by atoms with van der Waals surface area (Å²) in [6.45, 7) is 13.3. The highest BCUT2D eigenvalue weighted by Gasteiger charge is 2.41. The molecule has 4 nitrogen and oxygen atoms in total. The molecule has 0 N–H and O–H groups in total. The van der Waals surface area contributed by atoms with Gasteiger partial charge in [-0.3, -0.25) is 0 Å². The summed E-state index contributed by atoms with van der Waals surface area (Å²) in [5.41, 5.74) is 3.32. The monoisotopic (exact) mass is 467 g/mol. The maximum atomic E-state index is 9.71. The van der Waals surface area contributed by atoms with E-state index >= 15 is 0 Å². The second-order valence-corrected chi connectivity index (χ2v) is 15.1. The number of ether oxygens (including phenoxy) is 2. The van der Waals surface area contributed by atoms with Gasteiger partial charge in [0.2, 0.25) is 0 Å². The van der Waals surface area contributed by atoms with Gasteiger partial charge in [-0.15, -0.1) is 0 Å². The van der Waals surface area contributed by atoms with E-state index in [0.717, 1.165) is 41.9 Å². The van der Waals surface area contributed by atoms with Crippen LogP contribution in [0.1, 0.15) is 62.8 Å². The Bertz CT molecular complexity index is 903. The molecule has 0 saturated heterocycles. The Balaban J connectivity index is 2.44. The van der Waals surface area contributed by atoms with Gasteiger partial charge in [0.25, 0.3) is 0 Å². The summed E-state index contributed by atoms with van der Waals surface area (Å²) < 4.78 is 18.4. The average molecular weight is 468 g/mol. The minimum atomic E-state index is -2.11. The van der Waals surface area contributed by atoms with Crippen molar-refractivity contribution < 1.29 is 13.9 Å². The molecule has 0 heterocycles. The summed E-state index contributed by atoms with van der Waals surface area (Å²) >= 11 is 0. The first kappa shape index (κ1) is 27.0. The number of aryl methyl sites for hydroxylation is 1. The molecule has 0 fully saturated rings. The summed E-state index contributed by atoms with van der Waals surface area (Å²) in [6, 6.07) is 17.1. The fraction of sp³-hybridized carbons (Fsp3) is 0.536. The van der Waals surface area contributed by atoms with Crippen molar-refractivity contribution in [1.29, 1.82) is 5.26 Å². The van der Waals surface area contributed by atoms with E-state index in [1.807, 2.05) is 13.0 Å². The molecular formula is C28H41NO3Si. The number of methoxy groups -OCH3 is 2. The molecule has 0 radical (unpaired) electrons. The van der Waals surface area contributed by atoms with Crippen molar-refractivity contribution in [3.8, 4) is 17.6 Å². The standard InChI is InChI=1S/C28H41NO3Si/c1-21-25(30-5)19-24(20-26(21)31-6)27(32-33(7,8)28(2,3)4)23(17-18-29)16-12-15-22-13-10-9-11-14-22/h9-11,13-14,19-20,23,27H,12,15-17H2,1-8H3/t23-,27?/m0/s1. The Kier molecular flexibility index (Phi) is 9.57. The predicted molar refractivity (Wildman–Crippen MR) is 138 cm³/mol. The number of hydrogen-bond donors (Lipinski definition) is 0. The third-order valence-electron chi connectivity index (χ3n) is 7.00. The lowest BCUT2D eigenvalue weighted by Crippen LogP contribution is -2.43. The van der Waals surface area contributed by atoms with Crippen molar-refractivity contribution in [2.24, 2.45) is 5.92 Å². The van der Waals surface area contributed by atoms with Crippen LogP contribution in [-0.2, 0) is 10.8 Å². The zero-order valence-electron chi connectivity index (χ0n) is 21.7. The Morgan fingerprint density at radius 3 is 2.06 bits per heavy atom. The van der Waals surface area contributed by atoms with Crippen molar-refractivity contribution in [3.63, 3.8) is 0 Å². The number of nitriles is 1. The van der Waals surface area contributed by atoms with Crippen molar-refractivity contribution in [2.45, 2.75) is 77.6 Å². The van der Waals surface area contributed by atoms with Gasteiger partial charge in [-0.25, -0.2) is 0 Å². The summed E-state index contributed by atoms with van der Waals surface area (Å²) in [6.07, 6.45) is 3.18. The first-order chi connectivity index (χ1) is 15.5. The van der Waals surface area contributed by atoms with E-state index in [4.69, 9.17) is 13.9 Å². The van der Waals surface area contributed by atoms with Crippen LogP contribution in [0.25, 0.3) is 0 Å². The molecule has 2 rings (SSSR count). The lowest BCUT2D eigenvalue weighted by molar-refractivity contribution is 0.112. The first-order valence-corrected chi connectivity index (χ1v) is 14.8. The predicted octanol–water partition coefficient (Wildman–Crippen LogP) is 7.63. The number of rotatable bonds is 11. The first-order valence-electron chi connectivity index (χ1n) is 11.8. The van der Waals surface area contributed by atoms with Gasteiger partial charge in [0.1, 0.15) is 11.5 Å². The molecule has 0 spiro atoms. The molecule has 33 heavy (non-hydrogen) atoms. The van der Waals surface area contributed by atoms with Gasteiger partial charge in [0, 0.05) is 17.9 Å². The van der Waals surface area contributed by atoms with Crippen LogP contribution < -0.4 is 9.47 Å². The minimum absolute atomic E-state index is 0.0609. The van der Waals surface area contributed by atoms with Crippen LogP contribution in [-0.4, -0.2) is 22.5 Å². The molecule has 0 aromatic heterocycles. The molecule has 0 aliphatic heterocycles. The van der Waals surface area contributed by atoms with E-state index in [1.54, 1.807) is 14.2 Å². The summed E-state index contributed by atoms with van der Waals surface area (Å²) in [4.78, 5) is 0. The largest absolute Gasteiger partial charge is 0.496 e. The van der Waals surface area contributed by atoms with Crippen LogP contribution in [0.2, 0.25) is 18.1 Å². The molecule has 2 aromatic rings. The fourth-order valence-electron chi connectivity index (χ4n) is 3.89. The van der Waals surface area contributed by atoms with Crippen LogP contribution in [0.4, 0.5) is 0 Å². The SMILES string of the molecule is COc1cc(C(O[Si](C)(C)C(C)(C)C)[C@H](CC#N)CCCc2ccccc2)cc(OC)c1C. The Morgan fingerprint density at radius 1 is 1.00 bits per heavy atom. The van der Waals surface area contributed by atoms with Gasteiger partial charge in [-0.05, 0) is 67.6 Å². The van der Waals surface area contributed by atoms with Gasteiger partial charge in [-0.2, -0.15) is 5.26 Å². The maximum absolute atomic E-state index is 9.71. The van der Waals surface area contributed by atoms with Gasteiger partial charge >= 0.3 is 0 Å².